The Hall–Kier alpha value is -3.01. The maximum atomic E-state index is 14.4. The summed E-state index contributed by atoms with van der Waals surface area (Å²) in [7, 11) is -4.03. The fourth-order valence-electron chi connectivity index (χ4n) is 3.38. The van der Waals surface area contributed by atoms with Crippen molar-refractivity contribution in [3.8, 4) is 0 Å². The highest BCUT2D eigenvalue weighted by Crippen LogP contribution is 2.22. The van der Waals surface area contributed by atoms with E-state index in [2.05, 4.69) is 5.32 Å². The molecule has 2 amide bonds. The number of sulfonamides is 1. The number of rotatable bonds is 11. The molecule has 0 fully saturated rings. The fourth-order valence-corrected chi connectivity index (χ4v) is 4.23. The molecule has 0 aliphatic carbocycles. The lowest BCUT2D eigenvalue weighted by Gasteiger charge is -2.33. The molecule has 0 saturated carbocycles. The van der Waals surface area contributed by atoms with E-state index in [-0.39, 0.29) is 30.5 Å². The van der Waals surface area contributed by atoms with E-state index in [1.54, 1.807) is 6.92 Å². The molecule has 0 radical (unpaired) electrons. The molecular weight excluding hydrogens is 464 g/mol. The minimum atomic E-state index is -4.03. The zero-order chi connectivity index (χ0) is 25.5. The predicted octanol–water partition coefficient (Wildman–Crippen LogP) is 3.31. The monoisotopic (exact) mass is 495 g/mol. The van der Waals surface area contributed by atoms with Gasteiger partial charge in [-0.2, -0.15) is 0 Å². The molecule has 0 bridgehead atoms. The van der Waals surface area contributed by atoms with Crippen LogP contribution in [0.25, 0.3) is 0 Å². The summed E-state index contributed by atoms with van der Waals surface area (Å²) in [5, 5.41) is 2.80. The molecule has 0 heterocycles. The molecular formula is C24H31F2N3O4S. The van der Waals surface area contributed by atoms with Gasteiger partial charge in [-0.05, 0) is 42.2 Å². The lowest BCUT2D eigenvalue weighted by molar-refractivity contribution is -0.140. The van der Waals surface area contributed by atoms with Crippen molar-refractivity contribution in [2.24, 2.45) is 5.92 Å². The van der Waals surface area contributed by atoms with Gasteiger partial charge in [0.15, 0.2) is 0 Å². The number of amides is 2. The van der Waals surface area contributed by atoms with Gasteiger partial charge in [-0.3, -0.25) is 13.9 Å². The Bertz CT molecular complexity index is 1090. The molecule has 7 nitrogen and oxygen atoms in total. The number of nitrogens with zero attached hydrogens (tertiary/aromatic N) is 2. The van der Waals surface area contributed by atoms with E-state index < -0.39 is 40.2 Å². The van der Waals surface area contributed by atoms with Crippen molar-refractivity contribution in [3.63, 3.8) is 0 Å². The molecule has 2 aromatic carbocycles. The van der Waals surface area contributed by atoms with Crippen molar-refractivity contribution in [3.05, 3.63) is 65.7 Å². The Labute approximate surface area is 199 Å². The van der Waals surface area contributed by atoms with Crippen LogP contribution < -0.4 is 9.62 Å². The molecule has 186 valence electrons. The largest absolute Gasteiger partial charge is 0.354 e. The van der Waals surface area contributed by atoms with Gasteiger partial charge in [-0.1, -0.05) is 45.0 Å². The van der Waals surface area contributed by atoms with Crippen molar-refractivity contribution < 1.29 is 26.8 Å². The van der Waals surface area contributed by atoms with E-state index in [0.29, 0.717) is 16.4 Å². The lowest BCUT2D eigenvalue weighted by Crippen LogP contribution is -2.52. The van der Waals surface area contributed by atoms with Crippen LogP contribution in [0.2, 0.25) is 0 Å². The number of carbonyl (C=O) groups excluding carboxylic acids is 2. The zero-order valence-electron chi connectivity index (χ0n) is 19.8. The second-order valence-corrected chi connectivity index (χ2v) is 10.3. The number of carbonyl (C=O) groups is 2. The maximum absolute atomic E-state index is 14.4. The van der Waals surface area contributed by atoms with E-state index in [0.717, 1.165) is 12.3 Å². The van der Waals surface area contributed by atoms with E-state index in [1.807, 2.05) is 13.8 Å². The van der Waals surface area contributed by atoms with Gasteiger partial charge in [0, 0.05) is 13.1 Å². The second-order valence-electron chi connectivity index (χ2n) is 8.43. The van der Waals surface area contributed by atoms with Gasteiger partial charge in [0.05, 0.1) is 11.9 Å². The predicted molar refractivity (Wildman–Crippen MR) is 127 cm³/mol. The standard InChI is InChI=1S/C24H31F2N3O4S/c1-5-21(24(31)27-14-17(2)3)28(15-18-10-12-19(25)13-11-18)23(30)16-29(34(4,32)33)22-9-7-6-8-20(22)26/h6-13,17,21H,5,14-16H2,1-4H3,(H,27,31)/t21-/m1/s1. The first kappa shape index (κ1) is 27.2. The molecule has 1 N–H and O–H groups in total. The van der Waals surface area contributed by atoms with Crippen molar-refractivity contribution in [2.45, 2.75) is 39.8 Å². The number of hydrogen-bond acceptors (Lipinski definition) is 4. The Morgan fingerprint density at radius 1 is 1.03 bits per heavy atom. The van der Waals surface area contributed by atoms with Gasteiger partial charge >= 0.3 is 0 Å². The molecule has 1 atom stereocenters. The molecule has 0 aromatic heterocycles. The Kier molecular flexibility index (Phi) is 9.55. The van der Waals surface area contributed by atoms with Crippen molar-refractivity contribution in [1.29, 1.82) is 0 Å². The molecule has 2 aromatic rings. The minimum Gasteiger partial charge on any atom is -0.354 e. The highest BCUT2D eigenvalue weighted by molar-refractivity contribution is 7.92. The average molecular weight is 496 g/mol. The summed E-state index contributed by atoms with van der Waals surface area (Å²) in [6.07, 6.45) is 1.14. The number of para-hydroxylation sites is 1. The topological polar surface area (TPSA) is 86.8 Å². The fraction of sp³-hybridized carbons (Fsp3) is 0.417. The SMILES string of the molecule is CC[C@H](C(=O)NCC(C)C)N(Cc1ccc(F)cc1)C(=O)CN(c1ccccc1F)S(C)(=O)=O. The number of anilines is 1. The molecule has 0 aliphatic rings. The molecule has 34 heavy (non-hydrogen) atoms. The van der Waals surface area contributed by atoms with Gasteiger partial charge in [-0.15, -0.1) is 0 Å². The number of halogens is 2. The Balaban J connectivity index is 2.42. The zero-order valence-corrected chi connectivity index (χ0v) is 20.6. The van der Waals surface area contributed by atoms with Gasteiger partial charge < -0.3 is 10.2 Å². The third-order valence-corrected chi connectivity index (χ3v) is 6.26. The molecule has 0 unspecified atom stereocenters. The first-order valence-corrected chi connectivity index (χ1v) is 12.8. The molecule has 10 heteroatoms. The molecule has 2 rings (SSSR count). The Morgan fingerprint density at radius 3 is 2.18 bits per heavy atom. The molecule has 0 spiro atoms. The third-order valence-electron chi connectivity index (χ3n) is 5.14. The number of benzene rings is 2. The first-order chi connectivity index (χ1) is 15.9. The van der Waals surface area contributed by atoms with Crippen molar-refractivity contribution >= 4 is 27.5 Å². The lowest BCUT2D eigenvalue weighted by atomic mass is 10.1. The highest BCUT2D eigenvalue weighted by Gasteiger charge is 2.32. The van der Waals surface area contributed by atoms with Gasteiger partial charge in [0.25, 0.3) is 0 Å². The van der Waals surface area contributed by atoms with Crippen LogP contribution in [0.5, 0.6) is 0 Å². The van der Waals surface area contributed by atoms with Crippen LogP contribution >= 0.6 is 0 Å². The summed E-state index contributed by atoms with van der Waals surface area (Å²) in [6, 6.07) is 9.78. The smallest absolute Gasteiger partial charge is 0.244 e. The quantitative estimate of drug-likeness (QED) is 0.518. The third kappa shape index (κ3) is 7.51. The van der Waals surface area contributed by atoms with Crippen LogP contribution in [0.3, 0.4) is 0 Å². The van der Waals surface area contributed by atoms with E-state index in [1.165, 1.54) is 47.4 Å². The van der Waals surface area contributed by atoms with Crippen LogP contribution in [0.1, 0.15) is 32.8 Å². The maximum Gasteiger partial charge on any atom is 0.244 e. The minimum absolute atomic E-state index is 0.0540. The van der Waals surface area contributed by atoms with E-state index >= 15 is 0 Å². The van der Waals surface area contributed by atoms with Crippen molar-refractivity contribution in [2.75, 3.05) is 23.7 Å². The first-order valence-electron chi connectivity index (χ1n) is 11.0. The number of nitrogens with one attached hydrogen (secondary N) is 1. The van der Waals surface area contributed by atoms with Gasteiger partial charge in [0.2, 0.25) is 21.8 Å². The highest BCUT2D eigenvalue weighted by atomic mass is 32.2. The second kappa shape index (κ2) is 11.9. The summed E-state index contributed by atoms with van der Waals surface area (Å²) in [5.41, 5.74) is 0.291. The van der Waals surface area contributed by atoms with Crippen LogP contribution in [0.4, 0.5) is 14.5 Å². The summed E-state index contributed by atoms with van der Waals surface area (Å²) in [6.45, 7) is 5.24. The van der Waals surface area contributed by atoms with Crippen LogP contribution in [0.15, 0.2) is 48.5 Å². The van der Waals surface area contributed by atoms with Crippen molar-refractivity contribution in [1.82, 2.24) is 10.2 Å². The molecule has 0 aliphatic heterocycles. The van der Waals surface area contributed by atoms with E-state index in [4.69, 9.17) is 0 Å². The summed E-state index contributed by atoms with van der Waals surface area (Å²) in [4.78, 5) is 27.6. The summed E-state index contributed by atoms with van der Waals surface area (Å²) in [5.74, 6) is -2.14. The van der Waals surface area contributed by atoms with Gasteiger partial charge in [0.1, 0.15) is 24.2 Å². The molecule has 0 saturated heterocycles. The number of hydrogen-bond donors (Lipinski definition) is 1. The van der Waals surface area contributed by atoms with Crippen LogP contribution in [0, 0.1) is 17.6 Å². The van der Waals surface area contributed by atoms with E-state index in [9.17, 15) is 26.8 Å². The summed E-state index contributed by atoms with van der Waals surface area (Å²) < 4.78 is 53.4. The Morgan fingerprint density at radius 2 is 1.65 bits per heavy atom. The average Bonchev–Trinajstić information content (AvgIpc) is 2.77. The van der Waals surface area contributed by atoms with Gasteiger partial charge in [-0.25, -0.2) is 17.2 Å². The normalized spacial score (nSPS) is 12.3. The van der Waals surface area contributed by atoms with Crippen LogP contribution in [-0.4, -0.2) is 50.5 Å². The van der Waals surface area contributed by atoms with Crippen LogP contribution in [-0.2, 0) is 26.2 Å². The summed E-state index contributed by atoms with van der Waals surface area (Å²) >= 11 is 0.